The van der Waals surface area contributed by atoms with Crippen LogP contribution in [0, 0.1) is 3.57 Å². The zero-order valence-corrected chi connectivity index (χ0v) is 10.1. The van der Waals surface area contributed by atoms with Crippen molar-refractivity contribution in [3.63, 3.8) is 0 Å². The Kier molecular flexibility index (Phi) is 5.00. The Balaban J connectivity index is 2.54. The second-order valence-electron chi connectivity index (χ2n) is 3.06. The molecule has 0 aromatic heterocycles. The molecule has 1 aromatic carbocycles. The lowest BCUT2D eigenvalue weighted by atomic mass is 10.2. The van der Waals surface area contributed by atoms with Gasteiger partial charge in [-0.25, -0.2) is 0 Å². The lowest BCUT2D eigenvalue weighted by molar-refractivity contribution is 0.0802. The highest BCUT2D eigenvalue weighted by molar-refractivity contribution is 14.1. The van der Waals surface area contributed by atoms with Gasteiger partial charge in [-0.05, 0) is 40.8 Å². The lowest BCUT2D eigenvalue weighted by Crippen LogP contribution is -2.33. The molecule has 3 N–H and O–H groups in total. The average molecular weight is 321 g/mol. The molecule has 82 valence electrons. The second-order valence-corrected chi connectivity index (χ2v) is 4.30. The fraction of sp³-hybridized carbons (Fsp3) is 0.300. The van der Waals surface area contributed by atoms with Crippen LogP contribution in [0.4, 0.5) is 0 Å². The van der Waals surface area contributed by atoms with Crippen molar-refractivity contribution in [3.8, 4) is 0 Å². The van der Waals surface area contributed by atoms with Gasteiger partial charge in [-0.3, -0.25) is 4.79 Å². The van der Waals surface area contributed by atoms with Crippen LogP contribution in [0.15, 0.2) is 24.3 Å². The number of carbonyl (C=O) groups excluding carboxylic acids is 1. The molecule has 1 unspecified atom stereocenters. The number of amides is 1. The van der Waals surface area contributed by atoms with Crippen LogP contribution < -0.4 is 5.32 Å². The van der Waals surface area contributed by atoms with Crippen LogP contribution in [-0.2, 0) is 0 Å². The first-order valence-electron chi connectivity index (χ1n) is 4.46. The molecule has 0 aliphatic carbocycles. The molecule has 0 fully saturated rings. The number of hydrogen-bond donors (Lipinski definition) is 3. The molecule has 0 heterocycles. The molecule has 0 aliphatic rings. The third kappa shape index (κ3) is 4.15. The van der Waals surface area contributed by atoms with Gasteiger partial charge < -0.3 is 15.5 Å². The van der Waals surface area contributed by atoms with Crippen molar-refractivity contribution in [1.82, 2.24) is 5.32 Å². The maximum atomic E-state index is 11.5. The van der Waals surface area contributed by atoms with Crippen molar-refractivity contribution in [3.05, 3.63) is 33.4 Å². The number of aliphatic hydroxyl groups is 2. The van der Waals surface area contributed by atoms with E-state index in [2.05, 4.69) is 27.9 Å². The van der Waals surface area contributed by atoms with Gasteiger partial charge in [-0.1, -0.05) is 6.07 Å². The molecule has 4 nitrogen and oxygen atoms in total. The van der Waals surface area contributed by atoms with Crippen molar-refractivity contribution in [1.29, 1.82) is 0 Å². The summed E-state index contributed by atoms with van der Waals surface area (Å²) in [5, 5.41) is 20.1. The summed E-state index contributed by atoms with van der Waals surface area (Å²) < 4.78 is 0.975. The molecule has 0 radical (unpaired) electrons. The van der Waals surface area contributed by atoms with Crippen LogP contribution in [0.25, 0.3) is 0 Å². The van der Waals surface area contributed by atoms with E-state index in [1.165, 1.54) is 0 Å². The Morgan fingerprint density at radius 3 is 2.87 bits per heavy atom. The van der Waals surface area contributed by atoms with E-state index in [4.69, 9.17) is 10.2 Å². The molecule has 1 atom stereocenters. The maximum Gasteiger partial charge on any atom is 0.251 e. The van der Waals surface area contributed by atoms with Crippen LogP contribution in [0.5, 0.6) is 0 Å². The number of hydrogen-bond acceptors (Lipinski definition) is 3. The predicted octanol–water partition coefficient (Wildman–Crippen LogP) is 0.374. The first-order chi connectivity index (χ1) is 7.13. The van der Waals surface area contributed by atoms with Gasteiger partial charge >= 0.3 is 0 Å². The molecule has 0 bridgehead atoms. The Morgan fingerprint density at radius 2 is 2.27 bits per heavy atom. The number of benzene rings is 1. The van der Waals surface area contributed by atoms with Crippen LogP contribution in [0.2, 0.25) is 0 Å². The smallest absolute Gasteiger partial charge is 0.251 e. The van der Waals surface area contributed by atoms with Gasteiger partial charge in [0.25, 0.3) is 5.91 Å². The topological polar surface area (TPSA) is 69.6 Å². The Hall–Kier alpha value is -0.660. The number of halogens is 1. The summed E-state index contributed by atoms with van der Waals surface area (Å²) in [4.78, 5) is 11.5. The summed E-state index contributed by atoms with van der Waals surface area (Å²) >= 11 is 2.12. The SMILES string of the molecule is O=C(NCC(O)CO)c1cccc(I)c1. The van der Waals surface area contributed by atoms with Crippen LogP contribution >= 0.6 is 22.6 Å². The molecule has 5 heteroatoms. The van der Waals surface area contributed by atoms with Crippen LogP contribution in [0.1, 0.15) is 10.4 Å². The molecule has 1 rings (SSSR count). The van der Waals surface area contributed by atoms with Crippen molar-refractivity contribution in [2.75, 3.05) is 13.2 Å². The molecule has 0 spiro atoms. The van der Waals surface area contributed by atoms with Gasteiger partial charge in [0.15, 0.2) is 0 Å². The summed E-state index contributed by atoms with van der Waals surface area (Å²) in [7, 11) is 0. The highest BCUT2D eigenvalue weighted by Gasteiger charge is 2.07. The average Bonchev–Trinajstić information content (AvgIpc) is 2.25. The highest BCUT2D eigenvalue weighted by atomic mass is 127. The largest absolute Gasteiger partial charge is 0.394 e. The minimum absolute atomic E-state index is 0.0564. The normalized spacial score (nSPS) is 12.2. The van der Waals surface area contributed by atoms with E-state index in [-0.39, 0.29) is 19.1 Å². The van der Waals surface area contributed by atoms with E-state index in [1.54, 1.807) is 18.2 Å². The molecule has 15 heavy (non-hydrogen) atoms. The molecule has 1 amide bonds. The summed E-state index contributed by atoms with van der Waals surface area (Å²) in [5.74, 6) is -0.249. The molecular weight excluding hydrogens is 309 g/mol. The van der Waals surface area contributed by atoms with Crippen LogP contribution in [-0.4, -0.2) is 35.4 Å². The summed E-state index contributed by atoms with van der Waals surface area (Å²) in [6, 6.07) is 7.13. The van der Waals surface area contributed by atoms with Gasteiger partial charge in [-0.2, -0.15) is 0 Å². The summed E-state index contributed by atoms with van der Waals surface area (Å²) in [6.45, 7) is -0.298. The number of rotatable bonds is 4. The van der Waals surface area contributed by atoms with E-state index in [0.717, 1.165) is 3.57 Å². The zero-order chi connectivity index (χ0) is 11.3. The molecule has 0 saturated carbocycles. The summed E-state index contributed by atoms with van der Waals surface area (Å²) in [6.07, 6.45) is -0.906. The number of nitrogens with one attached hydrogen (secondary N) is 1. The van der Waals surface area contributed by atoms with Crippen molar-refractivity contribution in [2.24, 2.45) is 0 Å². The van der Waals surface area contributed by atoms with E-state index in [0.29, 0.717) is 5.56 Å². The molecule has 0 aliphatic heterocycles. The first kappa shape index (κ1) is 12.4. The molecule has 0 saturated heterocycles. The Morgan fingerprint density at radius 1 is 1.53 bits per heavy atom. The van der Waals surface area contributed by atoms with E-state index in [9.17, 15) is 4.79 Å². The Labute approximate surface area is 101 Å². The number of aliphatic hydroxyl groups excluding tert-OH is 2. The Bertz CT molecular complexity index is 343. The van der Waals surface area contributed by atoms with Gasteiger partial charge in [0, 0.05) is 15.7 Å². The van der Waals surface area contributed by atoms with Crippen molar-refractivity contribution < 1.29 is 15.0 Å². The van der Waals surface area contributed by atoms with Crippen molar-refractivity contribution in [2.45, 2.75) is 6.10 Å². The predicted molar refractivity (Wildman–Crippen MR) is 64.6 cm³/mol. The van der Waals surface area contributed by atoms with Gasteiger partial charge in [-0.15, -0.1) is 0 Å². The van der Waals surface area contributed by atoms with Crippen molar-refractivity contribution >= 4 is 28.5 Å². The summed E-state index contributed by atoms with van der Waals surface area (Å²) in [5.41, 5.74) is 0.548. The second kappa shape index (κ2) is 6.04. The molecule has 1 aromatic rings. The fourth-order valence-corrected chi connectivity index (χ4v) is 1.55. The monoisotopic (exact) mass is 321 g/mol. The fourth-order valence-electron chi connectivity index (χ4n) is 1.01. The van der Waals surface area contributed by atoms with Crippen LogP contribution in [0.3, 0.4) is 0 Å². The van der Waals surface area contributed by atoms with E-state index in [1.807, 2.05) is 6.07 Å². The standard InChI is InChI=1S/C10H12INO3/c11-8-3-1-2-7(4-8)10(15)12-5-9(14)6-13/h1-4,9,13-14H,5-6H2,(H,12,15). The van der Waals surface area contributed by atoms with Gasteiger partial charge in [0.05, 0.1) is 12.7 Å². The quantitative estimate of drug-likeness (QED) is 0.702. The van der Waals surface area contributed by atoms with Gasteiger partial charge in [0.1, 0.15) is 0 Å². The lowest BCUT2D eigenvalue weighted by Gasteiger charge is -2.08. The van der Waals surface area contributed by atoms with E-state index < -0.39 is 6.10 Å². The minimum atomic E-state index is -0.906. The third-order valence-electron chi connectivity index (χ3n) is 1.80. The molecular formula is C10H12INO3. The van der Waals surface area contributed by atoms with Gasteiger partial charge in [0.2, 0.25) is 0 Å². The third-order valence-corrected chi connectivity index (χ3v) is 2.47. The first-order valence-corrected chi connectivity index (χ1v) is 5.54. The zero-order valence-electron chi connectivity index (χ0n) is 7.98. The number of carbonyl (C=O) groups is 1. The van der Waals surface area contributed by atoms with E-state index >= 15 is 0 Å². The minimum Gasteiger partial charge on any atom is -0.394 e. The highest BCUT2D eigenvalue weighted by Crippen LogP contribution is 2.07. The maximum absolute atomic E-state index is 11.5.